The van der Waals surface area contributed by atoms with Crippen LogP contribution in [0.5, 0.6) is 0 Å². The number of nitrogens with zero attached hydrogens (tertiary/aromatic N) is 1. The van der Waals surface area contributed by atoms with Gasteiger partial charge in [-0.15, -0.1) is 0 Å². The Morgan fingerprint density at radius 2 is 2.21 bits per heavy atom. The molecule has 0 bridgehead atoms. The van der Waals surface area contributed by atoms with Crippen LogP contribution in [0.3, 0.4) is 0 Å². The molecule has 0 aromatic rings. The maximum atomic E-state index is 11.7. The normalized spacial score (nSPS) is 25.6. The van der Waals surface area contributed by atoms with E-state index in [9.17, 15) is 9.59 Å². The molecule has 80 valence electrons. The molecule has 0 aliphatic carbocycles. The third-order valence-corrected chi connectivity index (χ3v) is 2.75. The van der Waals surface area contributed by atoms with Gasteiger partial charge in [-0.2, -0.15) is 0 Å². The van der Waals surface area contributed by atoms with E-state index in [1.54, 1.807) is 0 Å². The minimum absolute atomic E-state index is 0.0138. The van der Waals surface area contributed by atoms with Crippen molar-refractivity contribution in [2.45, 2.75) is 45.7 Å². The summed E-state index contributed by atoms with van der Waals surface area (Å²) in [6.07, 6.45) is 1.33. The Hall–Kier alpha value is -1.06. The van der Waals surface area contributed by atoms with Gasteiger partial charge in [-0.1, -0.05) is 6.92 Å². The zero-order valence-electron chi connectivity index (χ0n) is 9.04. The second-order valence-corrected chi connectivity index (χ2v) is 3.89. The van der Waals surface area contributed by atoms with Crippen LogP contribution in [0.1, 0.15) is 33.6 Å². The lowest BCUT2D eigenvalue weighted by Gasteiger charge is -2.32. The van der Waals surface area contributed by atoms with Gasteiger partial charge in [0, 0.05) is 18.5 Å². The molecule has 1 aliphatic rings. The minimum Gasteiger partial charge on any atom is -0.347 e. The molecule has 4 heteroatoms. The fourth-order valence-corrected chi connectivity index (χ4v) is 1.83. The molecule has 14 heavy (non-hydrogen) atoms. The predicted molar refractivity (Wildman–Crippen MR) is 53.7 cm³/mol. The molecular weight excluding hydrogens is 180 g/mol. The van der Waals surface area contributed by atoms with Crippen LogP contribution in [0.2, 0.25) is 0 Å². The fraction of sp³-hybridized carbons (Fsp3) is 0.800. The molecule has 1 saturated heterocycles. The molecule has 0 aromatic heterocycles. The molecule has 0 saturated carbocycles. The number of rotatable bonds is 2. The highest BCUT2D eigenvalue weighted by molar-refractivity contribution is 5.87. The van der Waals surface area contributed by atoms with Gasteiger partial charge in [0.15, 0.2) is 0 Å². The second kappa shape index (κ2) is 4.44. The van der Waals surface area contributed by atoms with Gasteiger partial charge in [0.25, 0.3) is 0 Å². The summed E-state index contributed by atoms with van der Waals surface area (Å²) in [5, 5.41) is 2.60. The van der Waals surface area contributed by atoms with Crippen molar-refractivity contribution in [1.82, 2.24) is 10.2 Å². The van der Waals surface area contributed by atoms with Crippen molar-refractivity contribution < 1.29 is 9.59 Å². The van der Waals surface area contributed by atoms with E-state index in [1.165, 1.54) is 0 Å². The second-order valence-electron chi connectivity index (χ2n) is 3.89. The Bertz CT molecular complexity index is 240. The van der Waals surface area contributed by atoms with Crippen LogP contribution >= 0.6 is 0 Å². The quantitative estimate of drug-likeness (QED) is 0.703. The van der Waals surface area contributed by atoms with E-state index < -0.39 is 0 Å². The number of carbonyl (C=O) groups excluding carboxylic acids is 2. The summed E-state index contributed by atoms with van der Waals surface area (Å²) >= 11 is 0. The van der Waals surface area contributed by atoms with Crippen LogP contribution in [0.4, 0.5) is 0 Å². The highest BCUT2D eigenvalue weighted by atomic mass is 16.2. The van der Waals surface area contributed by atoms with E-state index in [0.717, 1.165) is 6.42 Å². The lowest BCUT2D eigenvalue weighted by molar-refractivity contribution is -0.133. The van der Waals surface area contributed by atoms with Crippen LogP contribution < -0.4 is 5.32 Å². The summed E-state index contributed by atoms with van der Waals surface area (Å²) in [6, 6.07) is 0.227. The number of carbonyl (C=O) groups is 2. The topological polar surface area (TPSA) is 49.4 Å². The van der Waals surface area contributed by atoms with Crippen molar-refractivity contribution >= 4 is 11.8 Å². The smallest absolute Gasteiger partial charge is 0.242 e. The van der Waals surface area contributed by atoms with E-state index in [0.29, 0.717) is 6.42 Å². The first-order valence-electron chi connectivity index (χ1n) is 5.14. The summed E-state index contributed by atoms with van der Waals surface area (Å²) in [4.78, 5) is 24.7. The van der Waals surface area contributed by atoms with E-state index in [4.69, 9.17) is 0 Å². The monoisotopic (exact) mass is 198 g/mol. The molecule has 1 rings (SSSR count). The minimum atomic E-state index is -0.0309. The Morgan fingerprint density at radius 3 is 2.79 bits per heavy atom. The van der Waals surface area contributed by atoms with E-state index in [1.807, 2.05) is 25.7 Å². The molecule has 2 amide bonds. The lowest BCUT2D eigenvalue weighted by atomic mass is 10.1. The molecule has 2 atom stereocenters. The molecule has 1 aliphatic heterocycles. The fourth-order valence-electron chi connectivity index (χ4n) is 1.83. The first kappa shape index (κ1) is 11.0. The molecule has 0 spiro atoms. The summed E-state index contributed by atoms with van der Waals surface area (Å²) in [6.45, 7) is 6.14. The zero-order valence-corrected chi connectivity index (χ0v) is 9.04. The first-order chi connectivity index (χ1) is 6.56. The molecule has 0 radical (unpaired) electrons. The largest absolute Gasteiger partial charge is 0.347 e. The average Bonchev–Trinajstić information content (AvgIpc) is 2.25. The van der Waals surface area contributed by atoms with Gasteiger partial charge in [0.2, 0.25) is 11.8 Å². The summed E-state index contributed by atoms with van der Waals surface area (Å²) < 4.78 is 0. The van der Waals surface area contributed by atoms with E-state index in [-0.39, 0.29) is 30.4 Å². The maximum Gasteiger partial charge on any atom is 0.242 e. The SMILES string of the molecule is CCC(C)N1C(=O)CNC(=O)CC1C. The summed E-state index contributed by atoms with van der Waals surface area (Å²) in [5.41, 5.74) is 0. The van der Waals surface area contributed by atoms with Gasteiger partial charge < -0.3 is 10.2 Å². The molecule has 4 nitrogen and oxygen atoms in total. The molecule has 2 unspecified atom stereocenters. The Labute approximate surface area is 84.7 Å². The molecule has 0 aromatic carbocycles. The summed E-state index contributed by atoms with van der Waals surface area (Å²) in [7, 11) is 0. The van der Waals surface area contributed by atoms with E-state index >= 15 is 0 Å². The lowest BCUT2D eigenvalue weighted by Crippen LogP contribution is -2.45. The third kappa shape index (κ3) is 2.25. The van der Waals surface area contributed by atoms with Gasteiger partial charge >= 0.3 is 0 Å². The Morgan fingerprint density at radius 1 is 1.57 bits per heavy atom. The Kier molecular flexibility index (Phi) is 3.49. The van der Waals surface area contributed by atoms with Crippen molar-refractivity contribution in [3.05, 3.63) is 0 Å². The molecule has 1 heterocycles. The Balaban J connectivity index is 2.78. The third-order valence-electron chi connectivity index (χ3n) is 2.75. The molecule has 1 fully saturated rings. The highest BCUT2D eigenvalue weighted by Gasteiger charge is 2.28. The van der Waals surface area contributed by atoms with Crippen LogP contribution in [0, 0.1) is 0 Å². The number of amides is 2. The predicted octanol–water partition coefficient (Wildman–Crippen LogP) is 0.522. The summed E-state index contributed by atoms with van der Waals surface area (Å²) in [5.74, 6) is -0.00523. The van der Waals surface area contributed by atoms with E-state index in [2.05, 4.69) is 5.32 Å². The van der Waals surface area contributed by atoms with Gasteiger partial charge in [-0.3, -0.25) is 9.59 Å². The van der Waals surface area contributed by atoms with Crippen molar-refractivity contribution in [3.8, 4) is 0 Å². The van der Waals surface area contributed by atoms with Crippen LogP contribution in [0.15, 0.2) is 0 Å². The molecular formula is C10H18N2O2. The van der Waals surface area contributed by atoms with Crippen LogP contribution in [-0.2, 0) is 9.59 Å². The maximum absolute atomic E-state index is 11.7. The number of hydrogen-bond acceptors (Lipinski definition) is 2. The van der Waals surface area contributed by atoms with Gasteiger partial charge in [0.1, 0.15) is 0 Å². The van der Waals surface area contributed by atoms with Crippen LogP contribution in [0.25, 0.3) is 0 Å². The van der Waals surface area contributed by atoms with Gasteiger partial charge in [-0.25, -0.2) is 0 Å². The zero-order chi connectivity index (χ0) is 10.7. The van der Waals surface area contributed by atoms with Crippen molar-refractivity contribution in [3.63, 3.8) is 0 Å². The van der Waals surface area contributed by atoms with Crippen LogP contribution in [-0.4, -0.2) is 35.3 Å². The number of hydrogen-bond donors (Lipinski definition) is 1. The standard InChI is InChI=1S/C10H18N2O2/c1-4-7(2)12-8(3)5-9(13)11-6-10(12)14/h7-8H,4-6H2,1-3H3,(H,11,13). The average molecular weight is 198 g/mol. The first-order valence-corrected chi connectivity index (χ1v) is 5.14. The molecule has 1 N–H and O–H groups in total. The van der Waals surface area contributed by atoms with Gasteiger partial charge in [0.05, 0.1) is 6.54 Å². The van der Waals surface area contributed by atoms with Crippen molar-refractivity contribution in [2.75, 3.05) is 6.54 Å². The van der Waals surface area contributed by atoms with Crippen molar-refractivity contribution in [1.29, 1.82) is 0 Å². The van der Waals surface area contributed by atoms with Crippen molar-refractivity contribution in [2.24, 2.45) is 0 Å². The highest BCUT2D eigenvalue weighted by Crippen LogP contribution is 2.13. The van der Waals surface area contributed by atoms with Gasteiger partial charge in [-0.05, 0) is 20.3 Å². The number of nitrogens with one attached hydrogen (secondary N) is 1.